The maximum Gasteiger partial charge on any atom is 0.342 e. The fourth-order valence-corrected chi connectivity index (χ4v) is 2.57. The third-order valence-electron chi connectivity index (χ3n) is 3.74. The van der Waals surface area contributed by atoms with Gasteiger partial charge in [-0.1, -0.05) is 30.3 Å². The summed E-state index contributed by atoms with van der Waals surface area (Å²) in [5.74, 6) is -0.628. The summed E-state index contributed by atoms with van der Waals surface area (Å²) in [5, 5.41) is 0.0271. The van der Waals surface area contributed by atoms with E-state index in [-0.39, 0.29) is 41.4 Å². The molecule has 0 saturated heterocycles. The van der Waals surface area contributed by atoms with Gasteiger partial charge < -0.3 is 9.15 Å². The number of esters is 1. The van der Waals surface area contributed by atoms with Crippen LogP contribution in [0.15, 0.2) is 45.9 Å². The molecule has 3 aromatic rings. The Morgan fingerprint density at radius 2 is 1.96 bits per heavy atom. The number of furan rings is 1. The number of aromatic nitrogens is 2. The lowest BCUT2D eigenvalue weighted by Gasteiger charge is -2.05. The lowest BCUT2D eigenvalue weighted by Crippen LogP contribution is -2.25. The number of rotatable bonds is 5. The maximum absolute atomic E-state index is 12.7. The molecule has 0 radical (unpaired) electrons. The van der Waals surface area contributed by atoms with Crippen LogP contribution in [0.4, 0.5) is 0 Å². The summed E-state index contributed by atoms with van der Waals surface area (Å²) in [6.07, 6.45) is 1.24. The van der Waals surface area contributed by atoms with Crippen molar-refractivity contribution in [2.75, 3.05) is 6.61 Å². The van der Waals surface area contributed by atoms with Crippen LogP contribution in [0.2, 0.25) is 0 Å². The summed E-state index contributed by atoms with van der Waals surface area (Å²) in [6, 6.07) is 8.64. The molecule has 0 bridgehead atoms. The van der Waals surface area contributed by atoms with Crippen molar-refractivity contribution in [2.45, 2.75) is 20.4 Å². The zero-order valence-electron chi connectivity index (χ0n) is 13.8. The second-order valence-corrected chi connectivity index (χ2v) is 5.40. The lowest BCUT2D eigenvalue weighted by molar-refractivity contribution is 0.0526. The Bertz CT molecular complexity index is 1000. The number of benzene rings is 1. The number of fused-ring (bicyclic) bond motifs is 1. The Labute approximate surface area is 142 Å². The monoisotopic (exact) mass is 340 g/mol. The first-order valence-electron chi connectivity index (χ1n) is 7.76. The molecule has 0 N–H and O–H groups in total. The van der Waals surface area contributed by atoms with Gasteiger partial charge in [0.05, 0.1) is 13.2 Å². The first-order chi connectivity index (χ1) is 12.0. The first-order valence-corrected chi connectivity index (χ1v) is 7.76. The average molecular weight is 340 g/mol. The highest BCUT2D eigenvalue weighted by Gasteiger charge is 2.24. The highest BCUT2D eigenvalue weighted by molar-refractivity contribution is 6.03. The van der Waals surface area contributed by atoms with Gasteiger partial charge in [-0.2, -0.15) is 0 Å². The fourth-order valence-electron chi connectivity index (χ4n) is 2.57. The van der Waals surface area contributed by atoms with Crippen LogP contribution in [0.5, 0.6) is 0 Å². The largest absolute Gasteiger partial charge is 0.462 e. The topological polar surface area (TPSA) is 91.4 Å². The first kappa shape index (κ1) is 16.6. The predicted octanol–water partition coefficient (Wildman–Crippen LogP) is 2.36. The van der Waals surface area contributed by atoms with Gasteiger partial charge in [-0.25, -0.2) is 9.78 Å². The molecule has 0 aliphatic carbocycles. The molecule has 7 heteroatoms. The highest BCUT2D eigenvalue weighted by atomic mass is 16.5. The van der Waals surface area contributed by atoms with Crippen molar-refractivity contribution in [3.63, 3.8) is 0 Å². The minimum atomic E-state index is -0.648. The molecule has 0 saturated carbocycles. The van der Waals surface area contributed by atoms with E-state index in [1.807, 2.05) is 0 Å². The molecule has 1 aromatic carbocycles. The van der Waals surface area contributed by atoms with Gasteiger partial charge in [-0.15, -0.1) is 0 Å². The molecule has 2 heterocycles. The Morgan fingerprint density at radius 1 is 1.24 bits per heavy atom. The van der Waals surface area contributed by atoms with Crippen molar-refractivity contribution < 1.29 is 18.7 Å². The van der Waals surface area contributed by atoms with E-state index in [0.717, 1.165) is 4.57 Å². The molecular formula is C18H16N2O5. The fraction of sp³-hybridized carbons (Fsp3) is 0.222. The minimum Gasteiger partial charge on any atom is -0.462 e. The van der Waals surface area contributed by atoms with E-state index in [9.17, 15) is 14.4 Å². The Morgan fingerprint density at radius 3 is 2.64 bits per heavy atom. The Hall–Kier alpha value is -3.22. The number of hydrogen-bond donors (Lipinski definition) is 0. The number of carbonyl (C=O) groups is 2. The van der Waals surface area contributed by atoms with Crippen molar-refractivity contribution in [1.29, 1.82) is 0 Å². The van der Waals surface area contributed by atoms with Gasteiger partial charge in [-0.3, -0.25) is 14.2 Å². The van der Waals surface area contributed by atoms with Crippen LogP contribution in [-0.2, 0) is 11.3 Å². The molecule has 2 aromatic heterocycles. The Balaban J connectivity index is 2.05. The minimum absolute atomic E-state index is 0.0271. The Kier molecular flexibility index (Phi) is 4.47. The third kappa shape index (κ3) is 3.08. The SMILES string of the molecule is CCOC(=O)c1c(C)oc2ncn(CC(=O)c3ccccc3)c(=O)c12. The van der Waals surface area contributed by atoms with Gasteiger partial charge in [0, 0.05) is 5.56 Å². The predicted molar refractivity (Wildman–Crippen MR) is 89.7 cm³/mol. The van der Waals surface area contributed by atoms with Crippen LogP contribution in [-0.4, -0.2) is 27.9 Å². The molecule has 0 spiro atoms. The van der Waals surface area contributed by atoms with Crippen molar-refractivity contribution in [1.82, 2.24) is 9.55 Å². The molecule has 0 atom stereocenters. The standard InChI is InChI=1S/C18H16N2O5/c1-3-24-18(23)14-11(2)25-16-15(14)17(22)20(10-19-16)9-13(21)12-7-5-4-6-8-12/h4-8,10H,3,9H2,1-2H3. The summed E-state index contributed by atoms with van der Waals surface area (Å²) >= 11 is 0. The summed E-state index contributed by atoms with van der Waals surface area (Å²) in [4.78, 5) is 41.2. The smallest absolute Gasteiger partial charge is 0.342 e. The summed E-state index contributed by atoms with van der Waals surface area (Å²) < 4.78 is 11.5. The van der Waals surface area contributed by atoms with Crippen LogP contribution in [0.1, 0.15) is 33.4 Å². The van der Waals surface area contributed by atoms with Gasteiger partial charge in [0.25, 0.3) is 5.56 Å². The van der Waals surface area contributed by atoms with Crippen LogP contribution in [0, 0.1) is 6.92 Å². The molecule has 0 fully saturated rings. The molecular weight excluding hydrogens is 324 g/mol. The number of carbonyl (C=O) groups excluding carboxylic acids is 2. The number of ketones is 1. The molecule has 0 aliphatic heterocycles. The molecule has 7 nitrogen and oxygen atoms in total. The third-order valence-corrected chi connectivity index (χ3v) is 3.74. The summed E-state index contributed by atoms with van der Waals surface area (Å²) in [5.41, 5.74) is 0.0718. The summed E-state index contributed by atoms with van der Waals surface area (Å²) in [6.45, 7) is 3.22. The molecule has 0 amide bonds. The number of nitrogens with zero attached hydrogens (tertiary/aromatic N) is 2. The van der Waals surface area contributed by atoms with Crippen molar-refractivity contribution in [3.8, 4) is 0 Å². The highest BCUT2D eigenvalue weighted by Crippen LogP contribution is 2.21. The van der Waals surface area contributed by atoms with Crippen LogP contribution in [0.25, 0.3) is 11.1 Å². The molecule has 128 valence electrons. The molecule has 3 rings (SSSR count). The zero-order valence-corrected chi connectivity index (χ0v) is 13.8. The van der Waals surface area contributed by atoms with Crippen molar-refractivity contribution in [3.05, 3.63) is 63.9 Å². The summed E-state index contributed by atoms with van der Waals surface area (Å²) in [7, 11) is 0. The quantitative estimate of drug-likeness (QED) is 0.523. The normalized spacial score (nSPS) is 10.8. The number of aryl methyl sites for hydroxylation is 1. The molecule has 25 heavy (non-hydrogen) atoms. The van der Waals surface area contributed by atoms with E-state index < -0.39 is 11.5 Å². The van der Waals surface area contributed by atoms with Crippen LogP contribution in [0.3, 0.4) is 0 Å². The van der Waals surface area contributed by atoms with E-state index in [2.05, 4.69) is 4.98 Å². The van der Waals surface area contributed by atoms with Gasteiger partial charge in [0.1, 0.15) is 23.0 Å². The van der Waals surface area contributed by atoms with Gasteiger partial charge in [-0.05, 0) is 13.8 Å². The lowest BCUT2D eigenvalue weighted by atomic mass is 10.1. The van der Waals surface area contributed by atoms with Crippen LogP contribution < -0.4 is 5.56 Å². The zero-order chi connectivity index (χ0) is 18.0. The second kappa shape index (κ2) is 6.72. The second-order valence-electron chi connectivity index (χ2n) is 5.40. The van der Waals surface area contributed by atoms with Gasteiger partial charge >= 0.3 is 5.97 Å². The average Bonchev–Trinajstić information content (AvgIpc) is 2.95. The molecule has 0 unspecified atom stereocenters. The van der Waals surface area contributed by atoms with E-state index in [1.165, 1.54) is 6.33 Å². The number of ether oxygens (including phenoxy) is 1. The van der Waals surface area contributed by atoms with E-state index in [1.54, 1.807) is 44.2 Å². The van der Waals surface area contributed by atoms with Crippen molar-refractivity contribution in [2.24, 2.45) is 0 Å². The maximum atomic E-state index is 12.7. The van der Waals surface area contributed by atoms with Gasteiger partial charge in [0.2, 0.25) is 5.71 Å². The van der Waals surface area contributed by atoms with Crippen molar-refractivity contribution >= 4 is 22.9 Å². The molecule has 0 aliphatic rings. The van der Waals surface area contributed by atoms with Gasteiger partial charge in [0.15, 0.2) is 5.78 Å². The van der Waals surface area contributed by atoms with E-state index in [4.69, 9.17) is 9.15 Å². The van der Waals surface area contributed by atoms with E-state index in [0.29, 0.717) is 5.56 Å². The van der Waals surface area contributed by atoms with E-state index >= 15 is 0 Å². The number of Topliss-reactive ketones (excluding diaryl/α,β-unsaturated/α-hetero) is 1. The number of hydrogen-bond acceptors (Lipinski definition) is 6. The van der Waals surface area contributed by atoms with Crippen LogP contribution >= 0.6 is 0 Å².